The van der Waals surface area contributed by atoms with E-state index < -0.39 is 0 Å². The number of nitrogens with one attached hydrogen (secondary N) is 1. The van der Waals surface area contributed by atoms with Gasteiger partial charge < -0.3 is 20.5 Å². The van der Waals surface area contributed by atoms with E-state index in [9.17, 15) is 4.79 Å². The largest absolute Gasteiger partial charge is 0.396 e. The fourth-order valence-corrected chi connectivity index (χ4v) is 1.57. The minimum atomic E-state index is -0.274. The molecule has 1 amide bonds. The number of hydrogen-bond acceptors (Lipinski definition) is 6. The van der Waals surface area contributed by atoms with Crippen molar-refractivity contribution < 1.29 is 14.3 Å². The highest BCUT2D eigenvalue weighted by molar-refractivity contribution is 5.93. The second-order valence-corrected chi connectivity index (χ2v) is 4.08. The molecule has 2 heterocycles. The first-order valence-electron chi connectivity index (χ1n) is 6.16. The fourth-order valence-electron chi connectivity index (χ4n) is 1.57. The monoisotopic (exact) mass is 279 g/mol. The Balaban J connectivity index is 1.85. The maximum absolute atomic E-state index is 11.9. The first kappa shape index (κ1) is 14.2. The Morgan fingerprint density at radius 2 is 2.30 bits per heavy atom. The van der Waals surface area contributed by atoms with Crippen molar-refractivity contribution in [3.8, 4) is 0 Å². The summed E-state index contributed by atoms with van der Waals surface area (Å²) in [6.07, 6.45) is 3.12. The number of anilines is 1. The summed E-state index contributed by atoms with van der Waals surface area (Å²) >= 11 is 0. The third-order valence-electron chi connectivity index (χ3n) is 2.53. The van der Waals surface area contributed by atoms with Crippen LogP contribution in [-0.2, 0) is 9.47 Å². The van der Waals surface area contributed by atoms with E-state index >= 15 is 0 Å². The molecule has 0 fully saturated rings. The van der Waals surface area contributed by atoms with Crippen LogP contribution in [0.3, 0.4) is 0 Å². The zero-order valence-corrected chi connectivity index (χ0v) is 11.2. The highest BCUT2D eigenvalue weighted by Gasteiger charge is 2.10. The van der Waals surface area contributed by atoms with Gasteiger partial charge in [-0.1, -0.05) is 0 Å². The number of fused-ring (bicyclic) bond motifs is 1. The molecule has 2 aromatic rings. The van der Waals surface area contributed by atoms with Crippen LogP contribution >= 0.6 is 0 Å². The van der Waals surface area contributed by atoms with Gasteiger partial charge in [0.25, 0.3) is 5.91 Å². The van der Waals surface area contributed by atoms with Crippen molar-refractivity contribution in [3.63, 3.8) is 0 Å². The Morgan fingerprint density at radius 3 is 3.10 bits per heavy atom. The van der Waals surface area contributed by atoms with Gasteiger partial charge >= 0.3 is 0 Å². The summed E-state index contributed by atoms with van der Waals surface area (Å²) < 4.78 is 11.6. The molecule has 0 unspecified atom stereocenters. The quantitative estimate of drug-likeness (QED) is 0.675. The smallest absolute Gasteiger partial charge is 0.271 e. The van der Waals surface area contributed by atoms with Gasteiger partial charge in [0.15, 0.2) is 11.3 Å². The van der Waals surface area contributed by atoms with E-state index in [-0.39, 0.29) is 5.91 Å². The number of carbonyl (C=O) groups is 1. The molecule has 0 radical (unpaired) electrons. The number of nitrogens with zero attached hydrogens (tertiary/aromatic N) is 3. The molecule has 0 aliphatic carbocycles. The molecule has 0 saturated carbocycles. The molecule has 0 saturated heterocycles. The number of aromatic nitrogens is 3. The number of carbonyl (C=O) groups excluding carboxylic acids is 1. The Bertz CT molecular complexity index is 583. The maximum atomic E-state index is 11.9. The Hall–Kier alpha value is -2.19. The topological polar surface area (TPSA) is 104 Å². The van der Waals surface area contributed by atoms with Crippen molar-refractivity contribution in [1.29, 1.82) is 0 Å². The van der Waals surface area contributed by atoms with Crippen molar-refractivity contribution in [2.24, 2.45) is 0 Å². The number of nitrogens with two attached hydrogens (primary N) is 1. The summed E-state index contributed by atoms with van der Waals surface area (Å²) in [5.74, 6) is -0.274. The molecular weight excluding hydrogens is 262 g/mol. The van der Waals surface area contributed by atoms with E-state index in [1.807, 2.05) is 0 Å². The summed E-state index contributed by atoms with van der Waals surface area (Å²) in [5, 5.41) is 6.81. The Labute approximate surface area is 115 Å². The van der Waals surface area contributed by atoms with Gasteiger partial charge in [0.05, 0.1) is 37.9 Å². The highest BCUT2D eigenvalue weighted by Crippen LogP contribution is 2.06. The lowest BCUT2D eigenvalue weighted by atomic mass is 10.4. The molecule has 8 heteroatoms. The normalized spacial score (nSPS) is 10.8. The molecule has 0 aromatic carbocycles. The highest BCUT2D eigenvalue weighted by atomic mass is 16.5. The van der Waals surface area contributed by atoms with E-state index in [1.54, 1.807) is 19.4 Å². The van der Waals surface area contributed by atoms with Crippen molar-refractivity contribution in [3.05, 3.63) is 24.2 Å². The van der Waals surface area contributed by atoms with Crippen LogP contribution in [0.2, 0.25) is 0 Å². The van der Waals surface area contributed by atoms with E-state index in [0.29, 0.717) is 43.4 Å². The average molecular weight is 279 g/mol. The van der Waals surface area contributed by atoms with Crippen molar-refractivity contribution in [2.75, 3.05) is 39.2 Å². The van der Waals surface area contributed by atoms with Gasteiger partial charge in [-0.05, 0) is 0 Å². The van der Waals surface area contributed by atoms with Crippen LogP contribution in [0.5, 0.6) is 0 Å². The molecule has 3 N–H and O–H groups in total. The van der Waals surface area contributed by atoms with Crippen LogP contribution in [0, 0.1) is 0 Å². The van der Waals surface area contributed by atoms with Crippen molar-refractivity contribution in [1.82, 2.24) is 19.9 Å². The standard InChI is InChI=1S/C12H17N5O3/c1-19-4-5-20-3-2-14-12(18)10-6-11-15-7-9(13)8-17(11)16-10/h6-8H,2-5,13H2,1H3,(H,14,18). The zero-order valence-electron chi connectivity index (χ0n) is 11.2. The van der Waals surface area contributed by atoms with E-state index in [1.165, 1.54) is 10.7 Å². The second-order valence-electron chi connectivity index (χ2n) is 4.08. The van der Waals surface area contributed by atoms with Crippen molar-refractivity contribution >= 4 is 17.2 Å². The maximum Gasteiger partial charge on any atom is 0.271 e. The molecule has 0 aliphatic heterocycles. The van der Waals surface area contributed by atoms with Crippen LogP contribution in [0.15, 0.2) is 18.5 Å². The van der Waals surface area contributed by atoms with Crippen LogP contribution in [0.25, 0.3) is 5.65 Å². The number of amides is 1. The Morgan fingerprint density at radius 1 is 1.45 bits per heavy atom. The molecular formula is C12H17N5O3. The van der Waals surface area contributed by atoms with Crippen LogP contribution in [0.1, 0.15) is 10.5 Å². The molecule has 20 heavy (non-hydrogen) atoms. The molecule has 2 aromatic heterocycles. The molecule has 108 valence electrons. The van der Waals surface area contributed by atoms with Gasteiger partial charge in [-0.3, -0.25) is 4.79 Å². The third-order valence-corrected chi connectivity index (χ3v) is 2.53. The van der Waals surface area contributed by atoms with E-state index in [0.717, 1.165) is 0 Å². The number of rotatable bonds is 7. The predicted molar refractivity (Wildman–Crippen MR) is 72.4 cm³/mol. The number of ether oxygens (including phenoxy) is 2. The lowest BCUT2D eigenvalue weighted by Gasteiger charge is -2.04. The van der Waals surface area contributed by atoms with Gasteiger partial charge in [0.1, 0.15) is 0 Å². The zero-order chi connectivity index (χ0) is 14.4. The molecule has 0 atom stereocenters. The summed E-state index contributed by atoms with van der Waals surface area (Å²) in [4.78, 5) is 15.9. The average Bonchev–Trinajstić information content (AvgIpc) is 2.85. The lowest BCUT2D eigenvalue weighted by molar-refractivity contribution is 0.0691. The van der Waals surface area contributed by atoms with Crippen LogP contribution in [0.4, 0.5) is 5.69 Å². The third kappa shape index (κ3) is 3.65. The molecule has 0 spiro atoms. The van der Waals surface area contributed by atoms with E-state index in [4.69, 9.17) is 15.2 Å². The van der Waals surface area contributed by atoms with Gasteiger partial charge in [0.2, 0.25) is 0 Å². The minimum absolute atomic E-state index is 0.274. The fraction of sp³-hybridized carbons (Fsp3) is 0.417. The number of methoxy groups -OCH3 is 1. The van der Waals surface area contributed by atoms with Gasteiger partial charge in [0, 0.05) is 19.7 Å². The second kappa shape index (κ2) is 6.83. The molecule has 0 aliphatic rings. The first-order chi connectivity index (χ1) is 9.70. The van der Waals surface area contributed by atoms with Gasteiger partial charge in [-0.15, -0.1) is 0 Å². The summed E-state index contributed by atoms with van der Waals surface area (Å²) in [6, 6.07) is 1.60. The summed E-state index contributed by atoms with van der Waals surface area (Å²) in [6.45, 7) is 1.87. The first-order valence-corrected chi connectivity index (χ1v) is 6.16. The number of hydrogen-bond donors (Lipinski definition) is 2. The molecule has 2 rings (SSSR count). The van der Waals surface area contributed by atoms with Gasteiger partial charge in [-0.2, -0.15) is 5.10 Å². The molecule has 0 bridgehead atoms. The molecule has 8 nitrogen and oxygen atoms in total. The Kier molecular flexibility index (Phi) is 4.85. The van der Waals surface area contributed by atoms with Crippen LogP contribution in [-0.4, -0.2) is 54.0 Å². The SMILES string of the molecule is COCCOCCNC(=O)c1cc2ncc(N)cn2n1. The summed E-state index contributed by atoms with van der Waals surface area (Å²) in [7, 11) is 1.61. The minimum Gasteiger partial charge on any atom is -0.396 e. The summed E-state index contributed by atoms with van der Waals surface area (Å²) in [5.41, 5.74) is 6.94. The van der Waals surface area contributed by atoms with E-state index in [2.05, 4.69) is 15.4 Å². The number of nitrogen functional groups attached to an aromatic ring is 1. The van der Waals surface area contributed by atoms with Crippen LogP contribution < -0.4 is 11.1 Å². The lowest BCUT2D eigenvalue weighted by Crippen LogP contribution is -2.28. The van der Waals surface area contributed by atoms with Crippen molar-refractivity contribution in [2.45, 2.75) is 0 Å². The predicted octanol–water partition coefficient (Wildman–Crippen LogP) is -0.296. The van der Waals surface area contributed by atoms with Gasteiger partial charge in [-0.25, -0.2) is 9.50 Å².